The number of carbonyl (C=O) groups is 2. The minimum Gasteiger partial charge on any atom is -0.467 e. The Bertz CT molecular complexity index is 1170. The average Bonchev–Trinajstić information content (AvgIpc) is 2.91. The number of anilines is 1. The topological polar surface area (TPSA) is 92.8 Å². The number of hydrogen-bond acceptors (Lipinski definition) is 6. The van der Waals surface area contributed by atoms with Crippen LogP contribution in [-0.4, -0.2) is 44.7 Å². The Labute approximate surface area is 206 Å². The van der Waals surface area contributed by atoms with Gasteiger partial charge >= 0.3 is 5.97 Å². The van der Waals surface area contributed by atoms with Crippen LogP contribution in [0.5, 0.6) is 0 Å². The van der Waals surface area contributed by atoms with Crippen molar-refractivity contribution >= 4 is 39.3 Å². The van der Waals surface area contributed by atoms with Gasteiger partial charge in [-0.3, -0.25) is 9.10 Å². The van der Waals surface area contributed by atoms with E-state index in [2.05, 4.69) is 19.2 Å². The Hall–Kier alpha value is -2.52. The molecular weight excluding hydrogens is 472 g/mol. The lowest BCUT2D eigenvalue weighted by molar-refractivity contribution is -0.145. The molecule has 1 unspecified atom stereocenters. The zero-order chi connectivity index (χ0) is 25.3. The number of rotatable bonds is 5. The fraction of sp³-hybridized carbons (Fsp3) is 0.440. The lowest BCUT2D eigenvalue weighted by Crippen LogP contribution is -2.49. The largest absolute Gasteiger partial charge is 0.467 e. The molecule has 1 aliphatic heterocycles. The zero-order valence-electron chi connectivity index (χ0n) is 20.4. The van der Waals surface area contributed by atoms with E-state index in [1.807, 2.05) is 20.8 Å². The molecule has 1 heterocycles. The first-order valence-corrected chi connectivity index (χ1v) is 13.3. The maximum Gasteiger partial charge on any atom is 0.328 e. The van der Waals surface area contributed by atoms with Crippen molar-refractivity contribution < 1.29 is 22.7 Å². The first kappa shape index (κ1) is 26.1. The van der Waals surface area contributed by atoms with Gasteiger partial charge in [0.2, 0.25) is 0 Å². The van der Waals surface area contributed by atoms with Crippen molar-refractivity contribution in [1.82, 2.24) is 5.32 Å². The molecule has 184 valence electrons. The van der Waals surface area contributed by atoms with E-state index in [0.717, 1.165) is 4.90 Å². The van der Waals surface area contributed by atoms with E-state index in [-0.39, 0.29) is 21.8 Å². The third-order valence-corrected chi connectivity index (χ3v) is 8.85. The fourth-order valence-electron chi connectivity index (χ4n) is 3.71. The van der Waals surface area contributed by atoms with Gasteiger partial charge in [-0.2, -0.15) is 0 Å². The zero-order valence-corrected chi connectivity index (χ0v) is 22.0. The normalized spacial score (nSPS) is 16.7. The van der Waals surface area contributed by atoms with Gasteiger partial charge in [-0.05, 0) is 42.2 Å². The molecule has 34 heavy (non-hydrogen) atoms. The van der Waals surface area contributed by atoms with Gasteiger partial charge in [-0.15, -0.1) is 11.8 Å². The maximum atomic E-state index is 13.6. The van der Waals surface area contributed by atoms with Crippen LogP contribution >= 0.6 is 11.8 Å². The van der Waals surface area contributed by atoms with Gasteiger partial charge in [0.25, 0.3) is 15.9 Å². The van der Waals surface area contributed by atoms with Gasteiger partial charge in [0.05, 0.1) is 17.7 Å². The minimum atomic E-state index is -3.84. The molecule has 1 aliphatic rings. The number of methoxy groups -OCH3 is 1. The van der Waals surface area contributed by atoms with E-state index in [9.17, 15) is 18.0 Å². The molecule has 0 fully saturated rings. The lowest BCUT2D eigenvalue weighted by Gasteiger charge is -2.29. The molecular formula is C25H32N2O5S2. The number of thioether (sulfide) groups is 1. The summed E-state index contributed by atoms with van der Waals surface area (Å²) in [5.41, 5.74) is 0.153. The van der Waals surface area contributed by atoms with E-state index >= 15 is 0 Å². The van der Waals surface area contributed by atoms with Crippen molar-refractivity contribution in [3.8, 4) is 0 Å². The predicted octanol–water partition coefficient (Wildman–Crippen LogP) is 4.47. The highest BCUT2D eigenvalue weighted by Crippen LogP contribution is 2.45. The molecule has 0 aliphatic carbocycles. The summed E-state index contributed by atoms with van der Waals surface area (Å²) >= 11 is 1.59. The highest BCUT2D eigenvalue weighted by Gasteiger charge is 2.36. The molecule has 0 radical (unpaired) electrons. The molecule has 0 spiro atoms. The Morgan fingerprint density at radius 3 is 2.35 bits per heavy atom. The molecule has 9 heteroatoms. The Kier molecular flexibility index (Phi) is 7.38. The van der Waals surface area contributed by atoms with Gasteiger partial charge < -0.3 is 10.1 Å². The van der Waals surface area contributed by atoms with Crippen LogP contribution in [0.15, 0.2) is 58.3 Å². The van der Waals surface area contributed by atoms with Crippen LogP contribution in [0.25, 0.3) is 0 Å². The van der Waals surface area contributed by atoms with Gasteiger partial charge in [-0.1, -0.05) is 52.8 Å². The number of amides is 1. The summed E-state index contributed by atoms with van der Waals surface area (Å²) in [6.45, 7) is 9.93. The van der Waals surface area contributed by atoms with Gasteiger partial charge in [0.15, 0.2) is 0 Å². The van der Waals surface area contributed by atoms with Gasteiger partial charge in [0, 0.05) is 21.8 Å². The number of sulfonamides is 1. The van der Waals surface area contributed by atoms with Gasteiger partial charge in [0.1, 0.15) is 6.04 Å². The molecule has 1 N–H and O–H groups in total. The van der Waals surface area contributed by atoms with Crippen molar-refractivity contribution in [3.05, 3.63) is 54.1 Å². The SMILES string of the molecule is COC(=O)C(NC(=O)c1ccc2c(c1)N(S(=O)(=O)c1ccccc1)CCC(C)(C)S2)C(C)(C)C. The third-order valence-electron chi connectivity index (χ3n) is 5.70. The van der Waals surface area contributed by atoms with Crippen LogP contribution < -0.4 is 9.62 Å². The monoisotopic (exact) mass is 504 g/mol. The van der Waals surface area contributed by atoms with Crippen LogP contribution in [0, 0.1) is 5.41 Å². The summed E-state index contributed by atoms with van der Waals surface area (Å²) in [6.07, 6.45) is 0.633. The van der Waals surface area contributed by atoms with E-state index in [1.54, 1.807) is 60.3 Å². The fourth-order valence-corrected chi connectivity index (χ4v) is 6.46. The number of nitrogens with one attached hydrogen (secondary N) is 1. The number of ether oxygens (including phenoxy) is 1. The second kappa shape index (κ2) is 9.62. The molecule has 0 bridgehead atoms. The molecule has 7 nitrogen and oxygen atoms in total. The summed E-state index contributed by atoms with van der Waals surface area (Å²) < 4.78 is 33.2. The van der Waals surface area contributed by atoms with Crippen LogP contribution in [-0.2, 0) is 19.6 Å². The van der Waals surface area contributed by atoms with Crippen molar-refractivity contribution in [2.45, 2.75) is 61.6 Å². The van der Waals surface area contributed by atoms with Crippen molar-refractivity contribution in [2.75, 3.05) is 18.0 Å². The predicted molar refractivity (Wildman–Crippen MR) is 135 cm³/mol. The number of hydrogen-bond donors (Lipinski definition) is 1. The third kappa shape index (κ3) is 5.58. The van der Waals surface area contributed by atoms with E-state index in [0.29, 0.717) is 12.1 Å². The summed E-state index contributed by atoms with van der Waals surface area (Å²) in [5.74, 6) is -1.01. The molecule has 0 saturated heterocycles. The number of benzene rings is 2. The van der Waals surface area contributed by atoms with Crippen molar-refractivity contribution in [1.29, 1.82) is 0 Å². The first-order valence-electron chi connectivity index (χ1n) is 11.1. The molecule has 0 aromatic heterocycles. The molecule has 1 amide bonds. The van der Waals surface area contributed by atoms with Crippen LogP contribution in [0.1, 0.15) is 51.4 Å². The first-order chi connectivity index (χ1) is 15.8. The second-order valence-corrected chi connectivity index (χ2v) is 13.6. The second-order valence-electron chi connectivity index (χ2n) is 9.98. The number of esters is 1. The summed E-state index contributed by atoms with van der Waals surface area (Å²) in [4.78, 5) is 26.4. The maximum absolute atomic E-state index is 13.6. The van der Waals surface area contributed by atoms with Crippen LogP contribution in [0.2, 0.25) is 0 Å². The highest BCUT2D eigenvalue weighted by atomic mass is 32.2. The smallest absolute Gasteiger partial charge is 0.328 e. The number of nitrogens with zero attached hydrogens (tertiary/aromatic N) is 1. The van der Waals surface area contributed by atoms with Gasteiger partial charge in [-0.25, -0.2) is 13.2 Å². The Morgan fingerprint density at radius 1 is 1.12 bits per heavy atom. The van der Waals surface area contributed by atoms with E-state index in [4.69, 9.17) is 4.74 Å². The standard InChI is InChI=1S/C25H32N2O5S2/c1-24(2,3)21(23(29)32-6)26-22(28)17-12-13-20-19(16-17)27(15-14-25(4,5)33-20)34(30,31)18-10-8-7-9-11-18/h7-13,16,21H,14-15H2,1-6H3,(H,26,28). The van der Waals surface area contributed by atoms with Crippen LogP contribution in [0.3, 0.4) is 0 Å². The number of carbonyl (C=O) groups excluding carboxylic acids is 2. The van der Waals surface area contributed by atoms with Crippen molar-refractivity contribution in [2.24, 2.45) is 5.41 Å². The van der Waals surface area contributed by atoms with E-state index in [1.165, 1.54) is 11.4 Å². The summed E-state index contributed by atoms with van der Waals surface area (Å²) in [6, 6.07) is 12.5. The Balaban J connectivity index is 2.06. The highest BCUT2D eigenvalue weighted by molar-refractivity contribution is 8.01. The minimum absolute atomic E-state index is 0.193. The molecule has 3 rings (SSSR count). The summed E-state index contributed by atoms with van der Waals surface area (Å²) in [5, 5.41) is 2.76. The molecule has 2 aromatic rings. The summed E-state index contributed by atoms with van der Waals surface area (Å²) in [7, 11) is -2.56. The average molecular weight is 505 g/mol. The molecule has 1 atom stereocenters. The quantitative estimate of drug-likeness (QED) is 0.604. The molecule has 0 saturated carbocycles. The molecule has 2 aromatic carbocycles. The van der Waals surface area contributed by atoms with E-state index < -0.39 is 33.4 Å². The number of fused-ring (bicyclic) bond motifs is 1. The van der Waals surface area contributed by atoms with Crippen LogP contribution in [0.4, 0.5) is 5.69 Å². The van der Waals surface area contributed by atoms with Crippen molar-refractivity contribution in [3.63, 3.8) is 0 Å². The Morgan fingerprint density at radius 2 is 1.76 bits per heavy atom. The lowest BCUT2D eigenvalue weighted by atomic mass is 9.86.